The van der Waals surface area contributed by atoms with Crippen LogP contribution in [0.3, 0.4) is 0 Å². The average molecular weight is 362 g/mol. The van der Waals surface area contributed by atoms with Gasteiger partial charge in [-0.3, -0.25) is 9.59 Å². The Morgan fingerprint density at radius 2 is 1.62 bits per heavy atom. The lowest BCUT2D eigenvalue weighted by molar-refractivity contribution is -0.159. The highest BCUT2D eigenvalue weighted by Gasteiger charge is 2.29. The van der Waals surface area contributed by atoms with E-state index >= 15 is 0 Å². The van der Waals surface area contributed by atoms with Crippen LogP contribution in [0, 0.1) is 5.92 Å². The number of carbonyl (C=O) groups is 3. The van der Waals surface area contributed by atoms with Crippen molar-refractivity contribution in [3.05, 3.63) is 35.9 Å². The topological polar surface area (TPSA) is 84.5 Å². The Balaban J connectivity index is 2.66. The first-order valence-electron chi connectivity index (χ1n) is 8.85. The van der Waals surface area contributed by atoms with E-state index in [0.717, 1.165) is 5.56 Å². The molecule has 0 radical (unpaired) electrons. The number of hydrogen-bond donors (Lipinski definition) is 2. The number of carbonyl (C=O) groups excluding carboxylic acids is 3. The zero-order chi connectivity index (χ0) is 19.9. The summed E-state index contributed by atoms with van der Waals surface area (Å²) in [5.74, 6) is -1.42. The highest BCUT2D eigenvalue weighted by atomic mass is 16.5. The minimum absolute atomic E-state index is 0.167. The molecule has 0 saturated heterocycles. The molecule has 6 nitrogen and oxygen atoms in total. The van der Waals surface area contributed by atoms with Crippen molar-refractivity contribution in [3.8, 4) is 0 Å². The Labute approximate surface area is 155 Å². The van der Waals surface area contributed by atoms with Crippen LogP contribution in [0.2, 0.25) is 0 Å². The van der Waals surface area contributed by atoms with Crippen molar-refractivity contribution < 1.29 is 19.1 Å². The largest absolute Gasteiger partial charge is 0.451 e. The fourth-order valence-corrected chi connectivity index (χ4v) is 2.28. The molecule has 0 aromatic heterocycles. The first kappa shape index (κ1) is 21.7. The van der Waals surface area contributed by atoms with Gasteiger partial charge in [0.1, 0.15) is 6.04 Å². The van der Waals surface area contributed by atoms with Gasteiger partial charge in [-0.2, -0.15) is 0 Å². The maximum absolute atomic E-state index is 12.4. The SMILES string of the molecule is CC(C)[C@H](NC(=O)Cc1ccccc1)C(=O)O[C@H](C)C(=O)NC(C)(C)C. The summed E-state index contributed by atoms with van der Waals surface area (Å²) in [5, 5.41) is 5.47. The third-order valence-corrected chi connectivity index (χ3v) is 3.60. The third kappa shape index (κ3) is 7.68. The molecule has 0 bridgehead atoms. The van der Waals surface area contributed by atoms with Gasteiger partial charge in [-0.05, 0) is 39.2 Å². The van der Waals surface area contributed by atoms with Crippen LogP contribution in [0.15, 0.2) is 30.3 Å². The minimum Gasteiger partial charge on any atom is -0.451 e. The predicted octanol–water partition coefficient (Wildman–Crippen LogP) is 2.22. The van der Waals surface area contributed by atoms with E-state index in [9.17, 15) is 14.4 Å². The van der Waals surface area contributed by atoms with E-state index in [2.05, 4.69) is 10.6 Å². The Bertz CT molecular complexity index is 620. The molecule has 2 N–H and O–H groups in total. The van der Waals surface area contributed by atoms with Gasteiger partial charge in [0.25, 0.3) is 5.91 Å². The molecule has 0 saturated carbocycles. The third-order valence-electron chi connectivity index (χ3n) is 3.60. The monoisotopic (exact) mass is 362 g/mol. The molecule has 26 heavy (non-hydrogen) atoms. The summed E-state index contributed by atoms with van der Waals surface area (Å²) in [6, 6.07) is 8.47. The van der Waals surface area contributed by atoms with Gasteiger partial charge in [0.05, 0.1) is 6.42 Å². The molecule has 1 aromatic rings. The lowest BCUT2D eigenvalue weighted by Crippen LogP contribution is -2.50. The Kier molecular flexibility index (Phi) is 7.80. The minimum atomic E-state index is -0.936. The molecular formula is C20H30N2O4. The molecule has 1 aromatic carbocycles. The summed E-state index contributed by atoms with van der Waals surface area (Å²) in [6.07, 6.45) is -0.758. The van der Waals surface area contributed by atoms with Gasteiger partial charge in [0, 0.05) is 5.54 Å². The Morgan fingerprint density at radius 1 is 1.04 bits per heavy atom. The Hall–Kier alpha value is -2.37. The average Bonchev–Trinajstić information content (AvgIpc) is 2.51. The van der Waals surface area contributed by atoms with Crippen molar-refractivity contribution >= 4 is 17.8 Å². The quantitative estimate of drug-likeness (QED) is 0.729. The fraction of sp³-hybridized carbons (Fsp3) is 0.550. The molecule has 0 aliphatic rings. The van der Waals surface area contributed by atoms with Gasteiger partial charge >= 0.3 is 5.97 Å². The van der Waals surface area contributed by atoms with Crippen molar-refractivity contribution in [1.82, 2.24) is 10.6 Å². The second-order valence-corrected chi connectivity index (χ2v) is 7.77. The molecule has 0 fully saturated rings. The number of amides is 2. The van der Waals surface area contributed by atoms with Gasteiger partial charge in [-0.15, -0.1) is 0 Å². The van der Waals surface area contributed by atoms with Gasteiger partial charge in [0.2, 0.25) is 5.91 Å². The molecule has 0 aliphatic carbocycles. The number of esters is 1. The molecule has 2 atom stereocenters. The van der Waals surface area contributed by atoms with E-state index in [1.807, 2.05) is 65.0 Å². The van der Waals surface area contributed by atoms with Crippen LogP contribution in [0.4, 0.5) is 0 Å². The van der Waals surface area contributed by atoms with Crippen LogP contribution in [-0.4, -0.2) is 35.5 Å². The van der Waals surface area contributed by atoms with Gasteiger partial charge in [-0.25, -0.2) is 4.79 Å². The van der Waals surface area contributed by atoms with Crippen LogP contribution < -0.4 is 10.6 Å². The van der Waals surface area contributed by atoms with Crippen LogP contribution in [0.1, 0.15) is 47.1 Å². The molecular weight excluding hydrogens is 332 g/mol. The summed E-state index contributed by atoms with van der Waals surface area (Å²) in [6.45, 7) is 10.7. The van der Waals surface area contributed by atoms with E-state index in [0.29, 0.717) is 0 Å². The van der Waals surface area contributed by atoms with E-state index in [4.69, 9.17) is 4.74 Å². The molecule has 0 heterocycles. The number of ether oxygens (including phenoxy) is 1. The number of benzene rings is 1. The molecule has 0 spiro atoms. The smallest absolute Gasteiger partial charge is 0.329 e. The first-order chi connectivity index (χ1) is 12.0. The standard InChI is InChI=1S/C20H30N2O4/c1-13(2)17(21-16(23)12-15-10-8-7-9-11-15)19(25)26-14(3)18(24)22-20(4,5)6/h7-11,13-14,17H,12H2,1-6H3,(H,21,23)(H,22,24)/t14-,17+/m1/s1. The van der Waals surface area contributed by atoms with Crippen molar-refractivity contribution in [1.29, 1.82) is 0 Å². The van der Waals surface area contributed by atoms with E-state index in [1.165, 1.54) is 6.92 Å². The number of rotatable bonds is 7. The van der Waals surface area contributed by atoms with Crippen molar-refractivity contribution in [2.45, 2.75) is 65.6 Å². The maximum Gasteiger partial charge on any atom is 0.329 e. The van der Waals surface area contributed by atoms with Crippen LogP contribution in [0.5, 0.6) is 0 Å². The second kappa shape index (κ2) is 9.36. The van der Waals surface area contributed by atoms with E-state index in [1.54, 1.807) is 0 Å². The highest BCUT2D eigenvalue weighted by Crippen LogP contribution is 2.09. The van der Waals surface area contributed by atoms with Crippen molar-refractivity contribution in [2.75, 3.05) is 0 Å². The Morgan fingerprint density at radius 3 is 2.12 bits per heavy atom. The van der Waals surface area contributed by atoms with Gasteiger partial charge in [0.15, 0.2) is 6.10 Å². The summed E-state index contributed by atoms with van der Waals surface area (Å²) in [5.41, 5.74) is 0.442. The summed E-state index contributed by atoms with van der Waals surface area (Å²) in [7, 11) is 0. The lowest BCUT2D eigenvalue weighted by Gasteiger charge is -2.25. The zero-order valence-corrected chi connectivity index (χ0v) is 16.5. The first-order valence-corrected chi connectivity index (χ1v) is 8.85. The number of hydrogen-bond acceptors (Lipinski definition) is 4. The molecule has 144 valence electrons. The van der Waals surface area contributed by atoms with Crippen molar-refractivity contribution in [2.24, 2.45) is 5.92 Å². The van der Waals surface area contributed by atoms with Crippen molar-refractivity contribution in [3.63, 3.8) is 0 Å². The van der Waals surface area contributed by atoms with Crippen LogP contribution in [0.25, 0.3) is 0 Å². The van der Waals surface area contributed by atoms with E-state index < -0.39 is 23.7 Å². The highest BCUT2D eigenvalue weighted by molar-refractivity contribution is 5.88. The summed E-state index contributed by atoms with van der Waals surface area (Å²) in [4.78, 5) is 36.8. The van der Waals surface area contributed by atoms with Gasteiger partial charge in [-0.1, -0.05) is 44.2 Å². The second-order valence-electron chi connectivity index (χ2n) is 7.77. The zero-order valence-electron chi connectivity index (χ0n) is 16.5. The van der Waals surface area contributed by atoms with E-state index in [-0.39, 0.29) is 24.2 Å². The maximum atomic E-state index is 12.4. The van der Waals surface area contributed by atoms with Crippen LogP contribution in [-0.2, 0) is 25.5 Å². The molecule has 2 amide bonds. The normalized spacial score (nSPS) is 13.7. The summed E-state index contributed by atoms with van der Waals surface area (Å²) < 4.78 is 5.27. The molecule has 6 heteroatoms. The molecule has 1 rings (SSSR count). The molecule has 0 unspecified atom stereocenters. The lowest BCUT2D eigenvalue weighted by atomic mass is 10.0. The molecule has 0 aliphatic heterocycles. The summed E-state index contributed by atoms with van der Waals surface area (Å²) >= 11 is 0. The predicted molar refractivity (Wildman–Crippen MR) is 100 cm³/mol. The van der Waals surface area contributed by atoms with Crippen LogP contribution >= 0.6 is 0 Å². The van der Waals surface area contributed by atoms with Gasteiger partial charge < -0.3 is 15.4 Å². The number of nitrogens with one attached hydrogen (secondary N) is 2. The fourth-order valence-electron chi connectivity index (χ4n) is 2.28.